The van der Waals surface area contributed by atoms with E-state index in [1.54, 1.807) is 0 Å². The topological polar surface area (TPSA) is 74.5 Å². The van der Waals surface area contributed by atoms with Crippen molar-refractivity contribution in [3.63, 3.8) is 0 Å². The molecule has 4 rings (SSSR count). The molecule has 0 spiro atoms. The maximum Gasteiger partial charge on any atom is 0.194 e. The minimum Gasteiger partial charge on any atom is -0.357 e. The van der Waals surface area contributed by atoms with Crippen molar-refractivity contribution in [3.05, 3.63) is 65.7 Å². The molecule has 3 aromatic heterocycles. The predicted octanol–water partition coefficient (Wildman–Crippen LogP) is 2.57. The van der Waals surface area contributed by atoms with Crippen LogP contribution >= 0.6 is 0 Å². The molecule has 0 unspecified atom stereocenters. The van der Waals surface area contributed by atoms with Gasteiger partial charge >= 0.3 is 0 Å². The van der Waals surface area contributed by atoms with Crippen molar-refractivity contribution in [2.75, 3.05) is 37.6 Å². The lowest BCUT2D eigenvalue weighted by molar-refractivity contribution is 0.371. The summed E-state index contributed by atoms with van der Waals surface area (Å²) >= 11 is 0. The Morgan fingerprint density at radius 3 is 2.48 bits per heavy atom. The summed E-state index contributed by atoms with van der Waals surface area (Å²) in [7, 11) is 0. The zero-order valence-electron chi connectivity index (χ0n) is 18.5. The van der Waals surface area contributed by atoms with Crippen molar-refractivity contribution in [2.45, 2.75) is 27.3 Å². The lowest BCUT2D eigenvalue weighted by Crippen LogP contribution is -2.52. The van der Waals surface area contributed by atoms with E-state index in [0.29, 0.717) is 6.54 Å². The Hall–Kier alpha value is -3.42. The second-order valence-electron chi connectivity index (χ2n) is 7.70. The van der Waals surface area contributed by atoms with Crippen LogP contribution in [0.4, 0.5) is 5.82 Å². The average Bonchev–Trinajstić information content (AvgIpc) is 3.15. The molecule has 0 atom stereocenters. The molecule has 1 saturated heterocycles. The van der Waals surface area contributed by atoms with Gasteiger partial charge in [0.15, 0.2) is 11.8 Å². The molecule has 0 bridgehead atoms. The number of pyridine rings is 2. The van der Waals surface area contributed by atoms with Gasteiger partial charge in [0.2, 0.25) is 0 Å². The van der Waals surface area contributed by atoms with E-state index in [-0.39, 0.29) is 0 Å². The molecule has 0 aromatic carbocycles. The van der Waals surface area contributed by atoms with E-state index in [1.807, 2.05) is 49.1 Å². The number of piperazine rings is 1. The second kappa shape index (κ2) is 9.59. The van der Waals surface area contributed by atoms with Crippen LogP contribution in [0.2, 0.25) is 0 Å². The molecule has 8 heteroatoms. The number of guanidine groups is 1. The molecule has 3 aromatic rings. The Balaban J connectivity index is 1.39. The Bertz CT molecular complexity index is 1000. The molecule has 8 nitrogen and oxygen atoms in total. The van der Waals surface area contributed by atoms with Crippen LogP contribution < -0.4 is 10.2 Å². The monoisotopic (exact) mass is 418 g/mol. The van der Waals surface area contributed by atoms with Gasteiger partial charge in [0.25, 0.3) is 0 Å². The molecule has 162 valence electrons. The van der Waals surface area contributed by atoms with Crippen LogP contribution in [0.5, 0.6) is 0 Å². The Kier molecular flexibility index (Phi) is 6.45. The van der Waals surface area contributed by atoms with E-state index >= 15 is 0 Å². The third kappa shape index (κ3) is 5.02. The van der Waals surface area contributed by atoms with E-state index < -0.39 is 0 Å². The molecule has 1 fully saturated rings. The SMILES string of the molecule is CCNC(=NCc1ccc(-n2nc(C)cc2C)nc1)N1CCN(c2ccccn2)CC1. The summed E-state index contributed by atoms with van der Waals surface area (Å²) in [5.74, 6) is 2.82. The highest BCUT2D eigenvalue weighted by molar-refractivity contribution is 5.80. The maximum atomic E-state index is 4.86. The predicted molar refractivity (Wildman–Crippen MR) is 124 cm³/mol. The molecule has 0 radical (unpaired) electrons. The number of nitrogens with zero attached hydrogens (tertiary/aromatic N) is 7. The van der Waals surface area contributed by atoms with Crippen LogP contribution in [0.1, 0.15) is 23.9 Å². The molecule has 31 heavy (non-hydrogen) atoms. The van der Waals surface area contributed by atoms with Crippen molar-refractivity contribution < 1.29 is 0 Å². The number of rotatable bonds is 5. The van der Waals surface area contributed by atoms with Crippen LogP contribution in [0.15, 0.2) is 53.8 Å². The Morgan fingerprint density at radius 1 is 1.03 bits per heavy atom. The molecule has 1 aliphatic heterocycles. The minimum absolute atomic E-state index is 0.590. The summed E-state index contributed by atoms with van der Waals surface area (Å²) in [4.78, 5) is 18.6. The fourth-order valence-corrected chi connectivity index (χ4v) is 3.78. The molecular formula is C23H30N8. The van der Waals surface area contributed by atoms with E-state index in [1.165, 1.54) is 0 Å². The maximum absolute atomic E-state index is 4.86. The summed E-state index contributed by atoms with van der Waals surface area (Å²) in [6, 6.07) is 12.2. The molecule has 0 saturated carbocycles. The normalized spacial score (nSPS) is 14.7. The first-order valence-corrected chi connectivity index (χ1v) is 10.8. The molecule has 0 aliphatic carbocycles. The van der Waals surface area contributed by atoms with Gasteiger partial charge < -0.3 is 15.1 Å². The van der Waals surface area contributed by atoms with Crippen LogP contribution in [-0.2, 0) is 6.54 Å². The molecular weight excluding hydrogens is 388 g/mol. The number of nitrogens with one attached hydrogen (secondary N) is 1. The van der Waals surface area contributed by atoms with E-state index in [4.69, 9.17) is 4.99 Å². The van der Waals surface area contributed by atoms with Gasteiger partial charge in [-0.2, -0.15) is 5.10 Å². The summed E-state index contributed by atoms with van der Waals surface area (Å²) in [5.41, 5.74) is 3.15. The Morgan fingerprint density at radius 2 is 1.87 bits per heavy atom. The zero-order chi connectivity index (χ0) is 21.6. The molecule has 1 aliphatic rings. The van der Waals surface area contributed by atoms with Crippen LogP contribution in [0, 0.1) is 13.8 Å². The first kappa shape index (κ1) is 20.8. The van der Waals surface area contributed by atoms with Crippen molar-refractivity contribution in [2.24, 2.45) is 4.99 Å². The zero-order valence-corrected chi connectivity index (χ0v) is 18.5. The fraction of sp³-hybridized carbons (Fsp3) is 0.391. The standard InChI is InChI=1S/C23H30N8/c1-4-24-23(30-13-11-29(12-14-30)21-7-5-6-10-25-21)27-17-20-8-9-22(26-16-20)31-19(3)15-18(2)28-31/h5-10,15-16H,4,11-14,17H2,1-3H3,(H,24,27). The third-order valence-corrected chi connectivity index (χ3v) is 5.33. The summed E-state index contributed by atoms with van der Waals surface area (Å²) in [5, 5.41) is 7.93. The Labute approximate surface area is 183 Å². The van der Waals surface area contributed by atoms with Crippen molar-refractivity contribution >= 4 is 11.8 Å². The molecule has 4 heterocycles. The highest BCUT2D eigenvalue weighted by atomic mass is 15.4. The average molecular weight is 419 g/mol. The van der Waals surface area contributed by atoms with Gasteiger partial charge in [-0.25, -0.2) is 19.6 Å². The van der Waals surface area contributed by atoms with Crippen LogP contribution in [0.25, 0.3) is 5.82 Å². The van der Waals surface area contributed by atoms with Crippen molar-refractivity contribution in [1.29, 1.82) is 0 Å². The van der Waals surface area contributed by atoms with Gasteiger partial charge in [-0.1, -0.05) is 12.1 Å². The van der Waals surface area contributed by atoms with Gasteiger partial charge in [0.1, 0.15) is 5.82 Å². The van der Waals surface area contributed by atoms with Crippen LogP contribution in [0.3, 0.4) is 0 Å². The lowest BCUT2D eigenvalue weighted by Gasteiger charge is -2.37. The number of aromatic nitrogens is 4. The quantitative estimate of drug-likeness (QED) is 0.507. The smallest absolute Gasteiger partial charge is 0.194 e. The first-order valence-electron chi connectivity index (χ1n) is 10.8. The first-order chi connectivity index (χ1) is 15.1. The van der Waals surface area contributed by atoms with Crippen LogP contribution in [-0.4, -0.2) is 63.3 Å². The molecule has 1 N–H and O–H groups in total. The largest absolute Gasteiger partial charge is 0.357 e. The third-order valence-electron chi connectivity index (χ3n) is 5.33. The van der Waals surface area contributed by atoms with E-state index in [2.05, 4.69) is 55.3 Å². The minimum atomic E-state index is 0.590. The number of hydrogen-bond acceptors (Lipinski definition) is 5. The summed E-state index contributed by atoms with van der Waals surface area (Å²) < 4.78 is 1.87. The van der Waals surface area contributed by atoms with Gasteiger partial charge in [-0.15, -0.1) is 0 Å². The summed E-state index contributed by atoms with van der Waals surface area (Å²) in [6.45, 7) is 11.3. The number of aryl methyl sites for hydroxylation is 2. The van der Waals surface area contributed by atoms with Crippen molar-refractivity contribution in [3.8, 4) is 5.82 Å². The number of aliphatic imine (C=N–C) groups is 1. The second-order valence-corrected chi connectivity index (χ2v) is 7.70. The number of anilines is 1. The van der Waals surface area contributed by atoms with E-state index in [0.717, 1.165) is 67.3 Å². The molecule has 0 amide bonds. The fourth-order valence-electron chi connectivity index (χ4n) is 3.78. The van der Waals surface area contributed by atoms with Gasteiger partial charge in [-0.3, -0.25) is 0 Å². The van der Waals surface area contributed by atoms with E-state index in [9.17, 15) is 0 Å². The van der Waals surface area contributed by atoms with Crippen molar-refractivity contribution in [1.82, 2.24) is 30.0 Å². The number of hydrogen-bond donors (Lipinski definition) is 1. The van der Waals surface area contributed by atoms with Gasteiger partial charge in [0, 0.05) is 50.8 Å². The summed E-state index contributed by atoms with van der Waals surface area (Å²) in [6.07, 6.45) is 3.74. The highest BCUT2D eigenvalue weighted by Crippen LogP contribution is 2.14. The van der Waals surface area contributed by atoms with Gasteiger partial charge in [0.05, 0.1) is 12.2 Å². The van der Waals surface area contributed by atoms with Gasteiger partial charge in [-0.05, 0) is 50.6 Å². The highest BCUT2D eigenvalue weighted by Gasteiger charge is 2.20. The lowest BCUT2D eigenvalue weighted by atomic mass is 10.3.